The van der Waals surface area contributed by atoms with Gasteiger partial charge in [-0.05, 0) is 46.3 Å². The lowest BCUT2D eigenvalue weighted by Crippen LogP contribution is -2.55. The Labute approximate surface area is 122 Å². The van der Waals surface area contributed by atoms with E-state index in [2.05, 4.69) is 69.2 Å². The molecule has 0 amide bonds. The van der Waals surface area contributed by atoms with Gasteiger partial charge in [-0.2, -0.15) is 0 Å². The molecule has 1 rings (SSSR count). The number of hydrogen-bond donors (Lipinski definition) is 0. The fourth-order valence-electron chi connectivity index (χ4n) is 4.97. The molecule has 1 aliphatic carbocycles. The van der Waals surface area contributed by atoms with Crippen LogP contribution in [0.1, 0.15) is 75.7 Å². The maximum atomic E-state index is 2.53. The Bertz CT molecular complexity index is 299. The first-order valence-electron chi connectivity index (χ1n) is 8.49. The SMILES string of the molecule is CCC(C)C(C)C1C(C)C(C)(C)C(C)C(C)C1(C)C. The summed E-state index contributed by atoms with van der Waals surface area (Å²) in [5.74, 6) is 4.90. The molecule has 0 spiro atoms. The van der Waals surface area contributed by atoms with Crippen LogP contribution in [-0.2, 0) is 0 Å². The summed E-state index contributed by atoms with van der Waals surface area (Å²) in [6.45, 7) is 24.9. The molecule has 0 heterocycles. The van der Waals surface area contributed by atoms with E-state index >= 15 is 0 Å². The zero-order chi connectivity index (χ0) is 15.2. The van der Waals surface area contributed by atoms with Crippen LogP contribution in [0.3, 0.4) is 0 Å². The van der Waals surface area contributed by atoms with Crippen LogP contribution < -0.4 is 0 Å². The van der Waals surface area contributed by atoms with Gasteiger partial charge in [-0.15, -0.1) is 0 Å². The lowest BCUT2D eigenvalue weighted by Gasteiger charge is -2.61. The first-order chi connectivity index (χ1) is 8.49. The zero-order valence-electron chi connectivity index (χ0n) is 15.2. The van der Waals surface area contributed by atoms with Gasteiger partial charge in [-0.1, -0.05) is 75.7 Å². The van der Waals surface area contributed by atoms with E-state index in [1.165, 1.54) is 6.42 Å². The molecule has 0 heteroatoms. The molecule has 6 atom stereocenters. The van der Waals surface area contributed by atoms with Crippen molar-refractivity contribution in [3.8, 4) is 0 Å². The Balaban J connectivity index is 3.19. The Morgan fingerprint density at radius 3 is 1.63 bits per heavy atom. The van der Waals surface area contributed by atoms with E-state index in [-0.39, 0.29) is 0 Å². The van der Waals surface area contributed by atoms with Gasteiger partial charge in [0.2, 0.25) is 0 Å². The van der Waals surface area contributed by atoms with Crippen molar-refractivity contribution in [2.24, 2.45) is 46.3 Å². The summed E-state index contributed by atoms with van der Waals surface area (Å²) in [7, 11) is 0. The van der Waals surface area contributed by atoms with E-state index in [4.69, 9.17) is 0 Å². The van der Waals surface area contributed by atoms with Crippen LogP contribution in [0.2, 0.25) is 0 Å². The van der Waals surface area contributed by atoms with Crippen LogP contribution in [0.4, 0.5) is 0 Å². The third kappa shape index (κ3) is 2.61. The first-order valence-corrected chi connectivity index (χ1v) is 8.49. The van der Waals surface area contributed by atoms with E-state index in [0.717, 1.165) is 35.5 Å². The quantitative estimate of drug-likeness (QED) is 0.565. The summed E-state index contributed by atoms with van der Waals surface area (Å²) in [5.41, 5.74) is 0.915. The van der Waals surface area contributed by atoms with Crippen molar-refractivity contribution in [3.63, 3.8) is 0 Å². The summed E-state index contributed by atoms with van der Waals surface area (Å²) < 4.78 is 0. The van der Waals surface area contributed by atoms with Crippen LogP contribution >= 0.6 is 0 Å². The molecule has 0 bridgehead atoms. The minimum Gasteiger partial charge on any atom is -0.0651 e. The largest absolute Gasteiger partial charge is 0.0651 e. The van der Waals surface area contributed by atoms with Gasteiger partial charge in [0.05, 0.1) is 0 Å². The predicted molar refractivity (Wildman–Crippen MR) is 87.2 cm³/mol. The van der Waals surface area contributed by atoms with Crippen molar-refractivity contribution >= 4 is 0 Å². The van der Waals surface area contributed by atoms with Gasteiger partial charge in [-0.25, -0.2) is 0 Å². The summed E-state index contributed by atoms with van der Waals surface area (Å²) >= 11 is 0. The fourth-order valence-corrected chi connectivity index (χ4v) is 4.97. The van der Waals surface area contributed by atoms with Crippen LogP contribution in [0.25, 0.3) is 0 Å². The molecule has 0 aromatic rings. The molecule has 114 valence electrons. The monoisotopic (exact) mass is 266 g/mol. The highest BCUT2D eigenvalue weighted by atomic mass is 14.6. The lowest BCUT2D eigenvalue weighted by molar-refractivity contribution is -0.125. The molecule has 0 N–H and O–H groups in total. The predicted octanol–water partition coefficient (Wildman–Crippen LogP) is 6.26. The molecular weight excluding hydrogens is 228 g/mol. The molecule has 1 aliphatic rings. The van der Waals surface area contributed by atoms with E-state index in [9.17, 15) is 0 Å². The van der Waals surface area contributed by atoms with Gasteiger partial charge in [0, 0.05) is 0 Å². The van der Waals surface area contributed by atoms with Crippen molar-refractivity contribution in [1.29, 1.82) is 0 Å². The second kappa shape index (κ2) is 5.41. The topological polar surface area (TPSA) is 0 Å². The third-order valence-electron chi connectivity index (χ3n) is 7.78. The molecule has 0 aromatic heterocycles. The third-order valence-corrected chi connectivity index (χ3v) is 7.78. The van der Waals surface area contributed by atoms with E-state index in [1.807, 2.05) is 0 Å². The second-order valence-corrected chi connectivity index (χ2v) is 8.78. The summed E-state index contributed by atoms with van der Waals surface area (Å²) in [6.07, 6.45) is 1.31. The maximum absolute atomic E-state index is 2.53. The average molecular weight is 267 g/mol. The molecular formula is C19H38. The molecule has 0 radical (unpaired) electrons. The van der Waals surface area contributed by atoms with Gasteiger partial charge < -0.3 is 0 Å². The van der Waals surface area contributed by atoms with Crippen molar-refractivity contribution in [1.82, 2.24) is 0 Å². The van der Waals surface area contributed by atoms with E-state index < -0.39 is 0 Å². The van der Waals surface area contributed by atoms with Crippen LogP contribution in [0, 0.1) is 46.3 Å². The average Bonchev–Trinajstić information content (AvgIpc) is 2.33. The lowest BCUT2D eigenvalue weighted by atomic mass is 9.44. The minimum atomic E-state index is 0.456. The Morgan fingerprint density at radius 1 is 0.789 bits per heavy atom. The van der Waals surface area contributed by atoms with Crippen molar-refractivity contribution in [2.45, 2.75) is 75.7 Å². The highest BCUT2D eigenvalue weighted by Crippen LogP contribution is 2.60. The molecule has 19 heavy (non-hydrogen) atoms. The van der Waals surface area contributed by atoms with E-state index in [0.29, 0.717) is 10.8 Å². The number of hydrogen-bond acceptors (Lipinski definition) is 0. The standard InChI is InChI=1S/C19H38/c1-11-12(2)13(3)17-16(6)18(7,8)14(4)15(5)19(17,9)10/h12-17H,11H2,1-10H3. The molecule has 6 unspecified atom stereocenters. The first kappa shape index (κ1) is 17.1. The molecule has 1 saturated carbocycles. The maximum Gasteiger partial charge on any atom is -0.0292 e. The molecule has 0 aliphatic heterocycles. The van der Waals surface area contributed by atoms with Crippen LogP contribution in [0.15, 0.2) is 0 Å². The fraction of sp³-hybridized carbons (Fsp3) is 1.00. The normalized spacial score (nSPS) is 40.7. The van der Waals surface area contributed by atoms with Gasteiger partial charge in [0.15, 0.2) is 0 Å². The Morgan fingerprint density at radius 2 is 1.21 bits per heavy atom. The van der Waals surface area contributed by atoms with Gasteiger partial charge in [0.1, 0.15) is 0 Å². The highest BCUT2D eigenvalue weighted by Gasteiger charge is 2.54. The highest BCUT2D eigenvalue weighted by molar-refractivity contribution is 5.02. The van der Waals surface area contributed by atoms with Crippen molar-refractivity contribution in [3.05, 3.63) is 0 Å². The Kier molecular flexibility index (Phi) is 4.86. The summed E-state index contributed by atoms with van der Waals surface area (Å²) in [4.78, 5) is 0. The smallest absolute Gasteiger partial charge is 0.0292 e. The molecule has 0 saturated heterocycles. The van der Waals surface area contributed by atoms with Crippen molar-refractivity contribution in [2.75, 3.05) is 0 Å². The van der Waals surface area contributed by atoms with Gasteiger partial charge in [-0.3, -0.25) is 0 Å². The Hall–Kier alpha value is 0. The summed E-state index contributed by atoms with van der Waals surface area (Å²) in [5, 5.41) is 0. The molecule has 0 aromatic carbocycles. The zero-order valence-corrected chi connectivity index (χ0v) is 15.2. The van der Waals surface area contributed by atoms with Crippen molar-refractivity contribution < 1.29 is 0 Å². The second-order valence-electron chi connectivity index (χ2n) is 8.78. The number of rotatable bonds is 3. The summed E-state index contributed by atoms with van der Waals surface area (Å²) in [6, 6.07) is 0. The molecule has 0 nitrogen and oxygen atoms in total. The van der Waals surface area contributed by atoms with E-state index in [1.54, 1.807) is 0 Å². The minimum absolute atomic E-state index is 0.456. The molecule has 1 fully saturated rings. The van der Waals surface area contributed by atoms with Gasteiger partial charge in [0.25, 0.3) is 0 Å². The van der Waals surface area contributed by atoms with Crippen LogP contribution in [-0.4, -0.2) is 0 Å². The van der Waals surface area contributed by atoms with Crippen LogP contribution in [0.5, 0.6) is 0 Å². The van der Waals surface area contributed by atoms with Gasteiger partial charge >= 0.3 is 0 Å².